The predicted octanol–water partition coefficient (Wildman–Crippen LogP) is 2.57. The van der Waals surface area contributed by atoms with Gasteiger partial charge in [-0.05, 0) is 55.7 Å². The number of rotatable bonds is 4. The first-order chi connectivity index (χ1) is 11.1. The molecule has 5 nitrogen and oxygen atoms in total. The van der Waals surface area contributed by atoms with Gasteiger partial charge in [0.1, 0.15) is 11.7 Å². The molecule has 2 amide bonds. The number of hydrogen-bond acceptors (Lipinski definition) is 3. The number of carbonyl (C=O) groups is 2. The Hall–Kier alpha value is -2.56. The maximum Gasteiger partial charge on any atom is 0.239 e. The van der Waals surface area contributed by atoms with E-state index in [1.54, 1.807) is 23.3 Å². The molecular formula is C18H20N2O3. The van der Waals surface area contributed by atoms with Crippen molar-refractivity contribution in [2.24, 2.45) is 5.92 Å². The van der Waals surface area contributed by atoms with E-state index in [1.165, 1.54) is 5.56 Å². The highest BCUT2D eigenvalue weighted by atomic mass is 16.3. The highest BCUT2D eigenvalue weighted by Crippen LogP contribution is 2.27. The van der Waals surface area contributed by atoms with Gasteiger partial charge in [-0.25, -0.2) is 0 Å². The summed E-state index contributed by atoms with van der Waals surface area (Å²) in [6, 6.07) is 9.49. The van der Waals surface area contributed by atoms with Crippen molar-refractivity contribution < 1.29 is 14.0 Å². The number of anilines is 1. The van der Waals surface area contributed by atoms with Crippen LogP contribution in [0.4, 0.5) is 5.69 Å². The Morgan fingerprint density at radius 3 is 2.83 bits per heavy atom. The summed E-state index contributed by atoms with van der Waals surface area (Å²) in [6.45, 7) is 4.93. The van der Waals surface area contributed by atoms with Crippen LogP contribution in [-0.4, -0.2) is 18.4 Å². The van der Waals surface area contributed by atoms with Crippen molar-refractivity contribution in [3.8, 4) is 0 Å². The van der Waals surface area contributed by atoms with Crippen molar-refractivity contribution >= 4 is 17.5 Å². The summed E-state index contributed by atoms with van der Waals surface area (Å²) in [7, 11) is 0. The minimum absolute atomic E-state index is 0.134. The zero-order chi connectivity index (χ0) is 16.4. The van der Waals surface area contributed by atoms with Crippen molar-refractivity contribution in [1.29, 1.82) is 0 Å². The molecule has 1 atom stereocenters. The molecule has 0 spiro atoms. The van der Waals surface area contributed by atoms with E-state index in [1.807, 2.05) is 32.0 Å². The van der Waals surface area contributed by atoms with Crippen LogP contribution >= 0.6 is 0 Å². The lowest BCUT2D eigenvalue weighted by Gasteiger charge is -2.18. The molecule has 0 radical (unpaired) electrons. The van der Waals surface area contributed by atoms with Crippen LogP contribution < -0.4 is 10.2 Å². The van der Waals surface area contributed by atoms with Crippen LogP contribution in [0.25, 0.3) is 0 Å². The largest absolute Gasteiger partial charge is 0.467 e. The third-order valence-electron chi connectivity index (χ3n) is 4.34. The molecule has 1 aromatic carbocycles. The van der Waals surface area contributed by atoms with Gasteiger partial charge in [-0.2, -0.15) is 0 Å². The fourth-order valence-electron chi connectivity index (χ4n) is 2.78. The van der Waals surface area contributed by atoms with Crippen molar-refractivity contribution in [2.75, 3.05) is 11.4 Å². The number of aryl methyl sites for hydroxylation is 2. The molecule has 1 saturated heterocycles. The molecule has 2 aromatic rings. The number of hydrogen-bond donors (Lipinski definition) is 1. The number of nitrogens with zero attached hydrogens (tertiary/aromatic N) is 1. The van der Waals surface area contributed by atoms with Crippen LogP contribution in [0.15, 0.2) is 41.0 Å². The number of nitrogens with one attached hydrogen (secondary N) is 1. The molecule has 1 aromatic heterocycles. The molecule has 0 bridgehead atoms. The van der Waals surface area contributed by atoms with Crippen molar-refractivity contribution in [1.82, 2.24) is 5.32 Å². The Bertz CT molecular complexity index is 722. The van der Waals surface area contributed by atoms with E-state index in [4.69, 9.17) is 4.42 Å². The van der Waals surface area contributed by atoms with Gasteiger partial charge in [0.2, 0.25) is 11.8 Å². The zero-order valence-electron chi connectivity index (χ0n) is 13.3. The second kappa shape index (κ2) is 6.28. The van der Waals surface area contributed by atoms with E-state index < -0.39 is 5.92 Å². The minimum Gasteiger partial charge on any atom is -0.467 e. The van der Waals surface area contributed by atoms with Crippen LogP contribution in [0.3, 0.4) is 0 Å². The van der Waals surface area contributed by atoms with Crippen LogP contribution in [0, 0.1) is 19.8 Å². The van der Waals surface area contributed by atoms with Gasteiger partial charge >= 0.3 is 0 Å². The van der Waals surface area contributed by atoms with Gasteiger partial charge in [-0.1, -0.05) is 6.07 Å². The van der Waals surface area contributed by atoms with Gasteiger partial charge in [0, 0.05) is 12.2 Å². The van der Waals surface area contributed by atoms with E-state index >= 15 is 0 Å². The molecule has 0 aliphatic carbocycles. The van der Waals surface area contributed by atoms with Gasteiger partial charge in [-0.15, -0.1) is 0 Å². The lowest BCUT2D eigenvalue weighted by atomic mass is 10.1. The Balaban J connectivity index is 1.66. The van der Waals surface area contributed by atoms with E-state index in [-0.39, 0.29) is 11.8 Å². The quantitative estimate of drug-likeness (QED) is 0.883. The lowest BCUT2D eigenvalue weighted by Crippen LogP contribution is -2.36. The van der Waals surface area contributed by atoms with Gasteiger partial charge < -0.3 is 14.6 Å². The third kappa shape index (κ3) is 3.13. The van der Waals surface area contributed by atoms with Crippen LogP contribution in [-0.2, 0) is 16.1 Å². The fraction of sp³-hybridized carbons (Fsp3) is 0.333. The van der Waals surface area contributed by atoms with E-state index in [0.717, 1.165) is 11.3 Å². The molecule has 1 aliphatic heterocycles. The van der Waals surface area contributed by atoms with Gasteiger partial charge in [0.15, 0.2) is 0 Å². The van der Waals surface area contributed by atoms with Crippen LogP contribution in [0.5, 0.6) is 0 Å². The number of benzene rings is 1. The second-order valence-corrected chi connectivity index (χ2v) is 5.90. The van der Waals surface area contributed by atoms with E-state index in [2.05, 4.69) is 5.32 Å². The number of carbonyl (C=O) groups excluding carboxylic acids is 2. The lowest BCUT2D eigenvalue weighted by molar-refractivity contribution is -0.132. The minimum atomic E-state index is -0.619. The molecule has 2 heterocycles. The van der Waals surface area contributed by atoms with E-state index in [9.17, 15) is 9.59 Å². The smallest absolute Gasteiger partial charge is 0.239 e. The molecule has 0 unspecified atom stereocenters. The number of amides is 2. The molecule has 1 N–H and O–H groups in total. The maximum absolute atomic E-state index is 12.5. The zero-order valence-corrected chi connectivity index (χ0v) is 13.3. The average Bonchev–Trinajstić information content (AvgIpc) is 3.17. The Morgan fingerprint density at radius 1 is 1.30 bits per heavy atom. The summed E-state index contributed by atoms with van der Waals surface area (Å²) in [5, 5.41) is 2.77. The normalized spacial score (nSPS) is 17.6. The third-order valence-corrected chi connectivity index (χ3v) is 4.34. The monoisotopic (exact) mass is 312 g/mol. The molecule has 1 fully saturated rings. The summed E-state index contributed by atoms with van der Waals surface area (Å²) >= 11 is 0. The molecule has 3 rings (SSSR count). The Morgan fingerprint density at radius 2 is 2.13 bits per heavy atom. The molecule has 5 heteroatoms. The highest BCUT2D eigenvalue weighted by Gasteiger charge is 2.37. The summed E-state index contributed by atoms with van der Waals surface area (Å²) < 4.78 is 5.18. The molecular weight excluding hydrogens is 292 g/mol. The fourth-order valence-corrected chi connectivity index (χ4v) is 2.78. The number of furan rings is 1. The first-order valence-electron chi connectivity index (χ1n) is 7.75. The summed E-state index contributed by atoms with van der Waals surface area (Å²) in [6.07, 6.45) is 2.10. The Labute approximate surface area is 135 Å². The van der Waals surface area contributed by atoms with E-state index in [0.29, 0.717) is 25.3 Å². The van der Waals surface area contributed by atoms with Crippen molar-refractivity contribution in [2.45, 2.75) is 26.8 Å². The van der Waals surface area contributed by atoms with Crippen molar-refractivity contribution in [3.63, 3.8) is 0 Å². The molecule has 1 aliphatic rings. The average molecular weight is 312 g/mol. The molecule has 23 heavy (non-hydrogen) atoms. The van der Waals surface area contributed by atoms with Gasteiger partial charge in [-0.3, -0.25) is 9.59 Å². The van der Waals surface area contributed by atoms with Gasteiger partial charge in [0.25, 0.3) is 0 Å². The standard InChI is InChI=1S/C18H20N2O3/c1-12-5-6-14(10-13(12)2)20-8-7-16(18(20)22)17(21)19-11-15-4-3-9-23-15/h3-6,9-10,16H,7-8,11H2,1-2H3,(H,19,21)/t16-/m1/s1. The topological polar surface area (TPSA) is 62.6 Å². The maximum atomic E-state index is 12.5. The molecule has 0 saturated carbocycles. The summed E-state index contributed by atoms with van der Waals surface area (Å²) in [5.41, 5.74) is 3.19. The van der Waals surface area contributed by atoms with Crippen molar-refractivity contribution in [3.05, 3.63) is 53.5 Å². The van der Waals surface area contributed by atoms with Crippen LogP contribution in [0.2, 0.25) is 0 Å². The van der Waals surface area contributed by atoms with Crippen LogP contribution in [0.1, 0.15) is 23.3 Å². The SMILES string of the molecule is Cc1ccc(N2CC[C@H](C(=O)NCc3ccco3)C2=O)cc1C. The summed E-state index contributed by atoms with van der Waals surface area (Å²) in [5.74, 6) is -0.315. The Kier molecular flexibility index (Phi) is 4.19. The second-order valence-electron chi connectivity index (χ2n) is 5.90. The summed E-state index contributed by atoms with van der Waals surface area (Å²) in [4.78, 5) is 26.5. The predicted molar refractivity (Wildman–Crippen MR) is 86.9 cm³/mol. The molecule has 120 valence electrons. The highest BCUT2D eigenvalue weighted by molar-refractivity contribution is 6.09. The first-order valence-corrected chi connectivity index (χ1v) is 7.75. The van der Waals surface area contributed by atoms with Gasteiger partial charge in [0.05, 0.1) is 12.8 Å². The first kappa shape index (κ1) is 15.3.